The van der Waals surface area contributed by atoms with Gasteiger partial charge >= 0.3 is 0 Å². The SMILES string of the molecule is CCCc1n[nH]c(=S)n1/N=C/c1cc(OC)c(OC)c(OC)c1. The largest absolute Gasteiger partial charge is 0.493 e. The Morgan fingerprint density at radius 1 is 1.22 bits per heavy atom. The topological polar surface area (TPSA) is 73.7 Å². The first-order valence-corrected chi connectivity index (χ1v) is 7.56. The van der Waals surface area contributed by atoms with Gasteiger partial charge in [0.25, 0.3) is 0 Å². The Kier molecular flexibility index (Phi) is 5.75. The van der Waals surface area contributed by atoms with Crippen molar-refractivity contribution in [3.8, 4) is 17.2 Å². The predicted octanol–water partition coefficient (Wildman–Crippen LogP) is 2.80. The monoisotopic (exact) mass is 336 g/mol. The molecule has 0 fully saturated rings. The molecule has 7 nitrogen and oxygen atoms in total. The van der Waals surface area contributed by atoms with Crippen molar-refractivity contribution in [2.45, 2.75) is 19.8 Å². The zero-order chi connectivity index (χ0) is 16.8. The minimum absolute atomic E-state index is 0.456. The van der Waals surface area contributed by atoms with Crippen molar-refractivity contribution in [1.29, 1.82) is 0 Å². The number of methoxy groups -OCH3 is 3. The number of aromatic amines is 1. The third-order valence-corrected chi connectivity index (χ3v) is 3.46. The molecule has 0 unspecified atom stereocenters. The minimum Gasteiger partial charge on any atom is -0.493 e. The molecule has 0 aliphatic rings. The zero-order valence-corrected chi connectivity index (χ0v) is 14.4. The van der Waals surface area contributed by atoms with E-state index in [-0.39, 0.29) is 0 Å². The van der Waals surface area contributed by atoms with Gasteiger partial charge in [-0.25, -0.2) is 0 Å². The number of rotatable bonds is 7. The fraction of sp³-hybridized carbons (Fsp3) is 0.400. The standard InChI is InChI=1S/C15H20N4O3S/c1-5-6-13-17-18-15(23)19(13)16-9-10-7-11(20-2)14(22-4)12(8-10)21-3/h7-9H,5-6H2,1-4H3,(H,18,23)/b16-9+. The Labute approximate surface area is 139 Å². The molecule has 0 spiro atoms. The van der Waals surface area contributed by atoms with Crippen LogP contribution in [-0.2, 0) is 6.42 Å². The number of aryl methyl sites for hydroxylation is 1. The van der Waals surface area contributed by atoms with Crippen LogP contribution in [0.15, 0.2) is 17.2 Å². The van der Waals surface area contributed by atoms with E-state index in [0.29, 0.717) is 22.0 Å². The number of H-pyrrole nitrogens is 1. The Balaban J connectivity index is 2.40. The highest BCUT2D eigenvalue weighted by molar-refractivity contribution is 7.71. The summed E-state index contributed by atoms with van der Waals surface area (Å²) in [4.78, 5) is 0. The fourth-order valence-electron chi connectivity index (χ4n) is 2.13. The molecular weight excluding hydrogens is 316 g/mol. The van der Waals surface area contributed by atoms with Gasteiger partial charge in [-0.2, -0.15) is 14.9 Å². The Morgan fingerprint density at radius 2 is 1.87 bits per heavy atom. The first-order chi connectivity index (χ1) is 11.1. The molecule has 0 saturated carbocycles. The van der Waals surface area contributed by atoms with Gasteiger partial charge in [-0.3, -0.25) is 5.10 Å². The van der Waals surface area contributed by atoms with Crippen LogP contribution in [0, 0.1) is 4.77 Å². The molecule has 0 saturated heterocycles. The molecular formula is C15H20N4O3S. The number of hydrogen-bond donors (Lipinski definition) is 1. The summed E-state index contributed by atoms with van der Waals surface area (Å²) in [6.07, 6.45) is 3.42. The van der Waals surface area contributed by atoms with Gasteiger partial charge in [0.1, 0.15) is 0 Å². The Hall–Kier alpha value is -2.35. The van der Waals surface area contributed by atoms with Gasteiger partial charge in [-0.1, -0.05) is 6.92 Å². The van der Waals surface area contributed by atoms with Crippen LogP contribution in [0.2, 0.25) is 0 Å². The smallest absolute Gasteiger partial charge is 0.216 e. The predicted molar refractivity (Wildman–Crippen MR) is 90.5 cm³/mol. The van der Waals surface area contributed by atoms with Crippen LogP contribution in [0.25, 0.3) is 0 Å². The third-order valence-electron chi connectivity index (χ3n) is 3.20. The number of benzene rings is 1. The van der Waals surface area contributed by atoms with Gasteiger partial charge in [0.15, 0.2) is 17.3 Å². The average Bonchev–Trinajstić information content (AvgIpc) is 2.92. The van der Waals surface area contributed by atoms with E-state index >= 15 is 0 Å². The molecule has 2 rings (SSSR count). The highest BCUT2D eigenvalue weighted by atomic mass is 32.1. The van der Waals surface area contributed by atoms with Crippen LogP contribution < -0.4 is 14.2 Å². The van der Waals surface area contributed by atoms with E-state index in [2.05, 4.69) is 22.2 Å². The second-order valence-corrected chi connectivity index (χ2v) is 5.10. The molecule has 1 aromatic heterocycles. The van der Waals surface area contributed by atoms with E-state index in [1.54, 1.807) is 32.2 Å². The summed E-state index contributed by atoms with van der Waals surface area (Å²) in [7, 11) is 4.71. The molecule has 0 aliphatic carbocycles. The summed E-state index contributed by atoms with van der Waals surface area (Å²) in [6.45, 7) is 2.07. The van der Waals surface area contributed by atoms with Crippen molar-refractivity contribution in [3.05, 3.63) is 28.3 Å². The second kappa shape index (κ2) is 7.77. The average molecular weight is 336 g/mol. The molecule has 0 radical (unpaired) electrons. The summed E-state index contributed by atoms with van der Waals surface area (Å²) in [5.74, 6) is 2.47. The number of ether oxygens (including phenoxy) is 3. The number of hydrogen-bond acceptors (Lipinski definition) is 6. The maximum Gasteiger partial charge on any atom is 0.216 e. The maximum absolute atomic E-state index is 5.33. The lowest BCUT2D eigenvalue weighted by Gasteiger charge is -2.12. The molecule has 1 heterocycles. The molecule has 0 bridgehead atoms. The molecule has 0 aliphatic heterocycles. The lowest BCUT2D eigenvalue weighted by atomic mass is 10.2. The van der Waals surface area contributed by atoms with Crippen molar-refractivity contribution >= 4 is 18.4 Å². The van der Waals surface area contributed by atoms with Crippen LogP contribution in [0.4, 0.5) is 0 Å². The van der Waals surface area contributed by atoms with Crippen LogP contribution in [0.3, 0.4) is 0 Å². The quantitative estimate of drug-likeness (QED) is 0.622. The molecule has 23 heavy (non-hydrogen) atoms. The van der Waals surface area contributed by atoms with Crippen LogP contribution in [0.1, 0.15) is 24.7 Å². The molecule has 2 aromatic rings. The van der Waals surface area contributed by atoms with Gasteiger partial charge in [-0.05, 0) is 30.8 Å². The number of nitrogens with one attached hydrogen (secondary N) is 1. The Morgan fingerprint density at radius 3 is 2.39 bits per heavy atom. The fourth-order valence-corrected chi connectivity index (χ4v) is 2.33. The van der Waals surface area contributed by atoms with E-state index in [0.717, 1.165) is 24.2 Å². The van der Waals surface area contributed by atoms with Crippen molar-refractivity contribution in [2.24, 2.45) is 5.10 Å². The minimum atomic E-state index is 0.456. The van der Waals surface area contributed by atoms with E-state index < -0.39 is 0 Å². The second-order valence-electron chi connectivity index (χ2n) is 4.71. The summed E-state index contributed by atoms with van der Waals surface area (Å²) >= 11 is 5.20. The molecule has 124 valence electrons. The molecule has 8 heteroatoms. The van der Waals surface area contributed by atoms with Gasteiger partial charge < -0.3 is 14.2 Å². The first kappa shape index (κ1) is 17.0. The van der Waals surface area contributed by atoms with Crippen LogP contribution in [-0.4, -0.2) is 42.4 Å². The lowest BCUT2D eigenvalue weighted by Crippen LogP contribution is -2.00. The maximum atomic E-state index is 5.33. The van der Waals surface area contributed by atoms with Gasteiger partial charge in [0.05, 0.1) is 27.5 Å². The van der Waals surface area contributed by atoms with Crippen molar-refractivity contribution in [2.75, 3.05) is 21.3 Å². The number of aromatic nitrogens is 3. The normalized spacial score (nSPS) is 11.0. The summed E-state index contributed by atoms with van der Waals surface area (Å²) < 4.78 is 18.0. The first-order valence-electron chi connectivity index (χ1n) is 7.15. The summed E-state index contributed by atoms with van der Waals surface area (Å²) in [5.41, 5.74) is 0.796. The zero-order valence-electron chi connectivity index (χ0n) is 13.6. The Bertz CT molecular complexity index is 726. The highest BCUT2D eigenvalue weighted by Crippen LogP contribution is 2.37. The number of nitrogens with zero attached hydrogens (tertiary/aromatic N) is 3. The summed E-state index contributed by atoms with van der Waals surface area (Å²) in [5, 5.41) is 11.3. The molecule has 1 N–H and O–H groups in total. The molecule has 0 amide bonds. The molecule has 1 aromatic carbocycles. The highest BCUT2D eigenvalue weighted by Gasteiger charge is 2.12. The third kappa shape index (κ3) is 3.70. The van der Waals surface area contributed by atoms with Gasteiger partial charge in [0.2, 0.25) is 10.5 Å². The van der Waals surface area contributed by atoms with E-state index in [1.165, 1.54) is 0 Å². The molecule has 0 atom stereocenters. The van der Waals surface area contributed by atoms with Crippen LogP contribution >= 0.6 is 12.2 Å². The van der Waals surface area contributed by atoms with Crippen molar-refractivity contribution in [1.82, 2.24) is 14.9 Å². The van der Waals surface area contributed by atoms with Crippen molar-refractivity contribution in [3.63, 3.8) is 0 Å². The summed E-state index contributed by atoms with van der Waals surface area (Å²) in [6, 6.07) is 3.63. The van der Waals surface area contributed by atoms with E-state index in [1.807, 2.05) is 12.1 Å². The van der Waals surface area contributed by atoms with Crippen LogP contribution in [0.5, 0.6) is 17.2 Å². The van der Waals surface area contributed by atoms with E-state index in [4.69, 9.17) is 26.4 Å². The van der Waals surface area contributed by atoms with Crippen molar-refractivity contribution < 1.29 is 14.2 Å². The van der Waals surface area contributed by atoms with Gasteiger partial charge in [-0.15, -0.1) is 0 Å². The van der Waals surface area contributed by atoms with E-state index in [9.17, 15) is 0 Å². The lowest BCUT2D eigenvalue weighted by molar-refractivity contribution is 0.324. The van der Waals surface area contributed by atoms with Gasteiger partial charge in [0, 0.05) is 12.0 Å².